The number of benzene rings is 2. The van der Waals surface area contributed by atoms with Gasteiger partial charge in [0.2, 0.25) is 0 Å². The van der Waals surface area contributed by atoms with E-state index in [0.717, 1.165) is 48.5 Å². The molecule has 0 aliphatic carbocycles. The number of aromatic nitrogens is 1. The fraction of sp³-hybridized carbons (Fsp3) is 0.308. The van der Waals surface area contributed by atoms with Crippen molar-refractivity contribution in [3.63, 3.8) is 0 Å². The van der Waals surface area contributed by atoms with Crippen molar-refractivity contribution in [2.24, 2.45) is 5.73 Å². The molecule has 0 bridgehead atoms. The van der Waals surface area contributed by atoms with Crippen LogP contribution in [0.3, 0.4) is 0 Å². The van der Waals surface area contributed by atoms with Crippen LogP contribution in [0.1, 0.15) is 23.1 Å². The van der Waals surface area contributed by atoms with Gasteiger partial charge in [-0.15, -0.1) is 0 Å². The number of amides is 1. The largest absolute Gasteiger partial charge is 0.483 e. The third kappa shape index (κ3) is 5.93. The summed E-state index contributed by atoms with van der Waals surface area (Å²) in [6.07, 6.45) is 4.46. The molecule has 166 valence electrons. The summed E-state index contributed by atoms with van der Waals surface area (Å²) in [7, 11) is 0. The number of carbonyl (C=O) groups excluding carboxylic acids is 1. The van der Waals surface area contributed by atoms with Gasteiger partial charge in [-0.1, -0.05) is 42.0 Å². The first-order valence-corrected chi connectivity index (χ1v) is 11.0. The van der Waals surface area contributed by atoms with E-state index in [0.29, 0.717) is 6.54 Å². The first kappa shape index (κ1) is 22.0. The number of pyridine rings is 1. The number of aryl methyl sites for hydroxylation is 1. The van der Waals surface area contributed by atoms with Gasteiger partial charge in [-0.25, -0.2) is 0 Å². The van der Waals surface area contributed by atoms with Gasteiger partial charge in [0.05, 0.1) is 0 Å². The summed E-state index contributed by atoms with van der Waals surface area (Å²) in [6, 6.07) is 18.6. The van der Waals surface area contributed by atoms with Crippen molar-refractivity contribution in [3.05, 3.63) is 83.7 Å². The number of ether oxygens (including phenoxy) is 1. The van der Waals surface area contributed by atoms with E-state index in [-0.39, 0.29) is 18.6 Å². The fourth-order valence-electron chi connectivity index (χ4n) is 3.99. The van der Waals surface area contributed by atoms with Gasteiger partial charge in [-0.3, -0.25) is 14.7 Å². The summed E-state index contributed by atoms with van der Waals surface area (Å²) < 4.78 is 5.95. The maximum absolute atomic E-state index is 12.3. The standard InChI is InChI=1S/C26H30N4O2/c1-19-4-2-6-21(12-19)22-7-8-25(23(13-22)16-30-11-9-24(27)17-30)32-18-26(31)29-15-20-5-3-10-28-14-20/h2-8,10,12-14,24H,9,11,15-18,27H2,1H3,(H,29,31)/t24-/m0/s1. The van der Waals surface area contributed by atoms with E-state index >= 15 is 0 Å². The molecule has 1 amide bonds. The van der Waals surface area contributed by atoms with E-state index in [4.69, 9.17) is 10.5 Å². The minimum atomic E-state index is -0.161. The smallest absolute Gasteiger partial charge is 0.258 e. The molecular weight excluding hydrogens is 400 g/mol. The second-order valence-electron chi connectivity index (χ2n) is 8.40. The van der Waals surface area contributed by atoms with Gasteiger partial charge in [-0.2, -0.15) is 0 Å². The van der Waals surface area contributed by atoms with Crippen molar-refractivity contribution in [1.82, 2.24) is 15.2 Å². The Morgan fingerprint density at radius 2 is 2.06 bits per heavy atom. The van der Waals surface area contributed by atoms with E-state index < -0.39 is 0 Å². The number of carbonyl (C=O) groups is 1. The maximum Gasteiger partial charge on any atom is 0.258 e. The molecule has 1 saturated heterocycles. The topological polar surface area (TPSA) is 80.5 Å². The summed E-state index contributed by atoms with van der Waals surface area (Å²) >= 11 is 0. The molecule has 1 aliphatic rings. The summed E-state index contributed by atoms with van der Waals surface area (Å²) in [4.78, 5) is 18.7. The van der Waals surface area contributed by atoms with Crippen LogP contribution in [0.2, 0.25) is 0 Å². The van der Waals surface area contributed by atoms with Gasteiger partial charge >= 0.3 is 0 Å². The molecule has 1 aromatic heterocycles. The molecule has 32 heavy (non-hydrogen) atoms. The average Bonchev–Trinajstić information content (AvgIpc) is 3.22. The van der Waals surface area contributed by atoms with E-state index in [2.05, 4.69) is 58.5 Å². The Morgan fingerprint density at radius 3 is 2.81 bits per heavy atom. The van der Waals surface area contributed by atoms with Crippen LogP contribution in [0.15, 0.2) is 67.0 Å². The normalized spacial score (nSPS) is 16.1. The molecule has 1 aliphatic heterocycles. The lowest BCUT2D eigenvalue weighted by Gasteiger charge is -2.19. The highest BCUT2D eigenvalue weighted by Gasteiger charge is 2.21. The molecule has 0 spiro atoms. The Hall–Kier alpha value is -3.22. The van der Waals surface area contributed by atoms with Crippen LogP contribution < -0.4 is 15.8 Å². The van der Waals surface area contributed by atoms with Crippen molar-refractivity contribution < 1.29 is 9.53 Å². The van der Waals surface area contributed by atoms with Gasteiger partial charge in [-0.05, 0) is 48.2 Å². The summed E-state index contributed by atoms with van der Waals surface area (Å²) in [5, 5.41) is 2.88. The van der Waals surface area contributed by atoms with Crippen LogP contribution in [-0.4, -0.2) is 41.5 Å². The molecule has 3 aromatic rings. The van der Waals surface area contributed by atoms with Crippen molar-refractivity contribution >= 4 is 5.91 Å². The van der Waals surface area contributed by atoms with Crippen molar-refractivity contribution in [3.8, 4) is 16.9 Å². The van der Waals surface area contributed by atoms with Gasteiger partial charge in [0.15, 0.2) is 6.61 Å². The molecule has 2 heterocycles. The molecule has 0 saturated carbocycles. The zero-order valence-corrected chi connectivity index (χ0v) is 18.5. The van der Waals surface area contributed by atoms with Crippen LogP contribution in [-0.2, 0) is 17.9 Å². The zero-order chi connectivity index (χ0) is 22.3. The highest BCUT2D eigenvalue weighted by Crippen LogP contribution is 2.29. The number of nitrogens with two attached hydrogens (primary N) is 1. The lowest BCUT2D eigenvalue weighted by molar-refractivity contribution is -0.123. The second-order valence-corrected chi connectivity index (χ2v) is 8.40. The van der Waals surface area contributed by atoms with E-state index in [1.54, 1.807) is 12.4 Å². The van der Waals surface area contributed by atoms with Gasteiger partial charge in [0, 0.05) is 50.2 Å². The number of hydrogen-bond donors (Lipinski definition) is 2. The number of rotatable bonds is 8. The van der Waals surface area contributed by atoms with Gasteiger partial charge < -0.3 is 15.8 Å². The lowest BCUT2D eigenvalue weighted by atomic mass is 10.0. The number of hydrogen-bond acceptors (Lipinski definition) is 5. The molecule has 1 fully saturated rings. The number of nitrogens with zero attached hydrogens (tertiary/aromatic N) is 2. The van der Waals surface area contributed by atoms with Gasteiger partial charge in [0.1, 0.15) is 5.75 Å². The molecule has 3 N–H and O–H groups in total. The van der Waals surface area contributed by atoms with Gasteiger partial charge in [0.25, 0.3) is 5.91 Å². The van der Waals surface area contributed by atoms with E-state index in [1.807, 2.05) is 18.2 Å². The van der Waals surface area contributed by atoms with Crippen molar-refractivity contribution in [2.75, 3.05) is 19.7 Å². The van der Waals surface area contributed by atoms with Crippen LogP contribution in [0.4, 0.5) is 0 Å². The van der Waals surface area contributed by atoms with E-state index in [1.165, 1.54) is 11.1 Å². The molecule has 0 unspecified atom stereocenters. The molecule has 6 heteroatoms. The Kier molecular flexibility index (Phi) is 7.14. The molecule has 1 atom stereocenters. The molecular formula is C26H30N4O2. The maximum atomic E-state index is 12.3. The Labute approximate surface area is 189 Å². The van der Waals surface area contributed by atoms with Crippen molar-refractivity contribution in [1.29, 1.82) is 0 Å². The minimum absolute atomic E-state index is 0.0312. The van der Waals surface area contributed by atoms with Crippen LogP contribution in [0.5, 0.6) is 5.75 Å². The van der Waals surface area contributed by atoms with Crippen LogP contribution in [0, 0.1) is 6.92 Å². The number of nitrogens with one attached hydrogen (secondary N) is 1. The Balaban J connectivity index is 1.46. The zero-order valence-electron chi connectivity index (χ0n) is 18.5. The molecule has 0 radical (unpaired) electrons. The highest BCUT2D eigenvalue weighted by atomic mass is 16.5. The first-order chi connectivity index (χ1) is 15.6. The molecule has 4 rings (SSSR count). The average molecular weight is 431 g/mol. The lowest BCUT2D eigenvalue weighted by Crippen LogP contribution is -2.29. The van der Waals surface area contributed by atoms with Crippen LogP contribution in [0.25, 0.3) is 11.1 Å². The fourth-order valence-corrected chi connectivity index (χ4v) is 3.99. The second kappa shape index (κ2) is 10.4. The third-order valence-corrected chi connectivity index (χ3v) is 5.69. The summed E-state index contributed by atoms with van der Waals surface area (Å²) in [5.41, 5.74) is 11.7. The quantitative estimate of drug-likeness (QED) is 0.573. The Bertz CT molecular complexity index is 1050. The predicted molar refractivity (Wildman–Crippen MR) is 126 cm³/mol. The van der Waals surface area contributed by atoms with Crippen molar-refractivity contribution in [2.45, 2.75) is 32.5 Å². The highest BCUT2D eigenvalue weighted by molar-refractivity contribution is 5.77. The third-order valence-electron chi connectivity index (χ3n) is 5.69. The molecule has 2 aromatic carbocycles. The SMILES string of the molecule is Cc1cccc(-c2ccc(OCC(=O)NCc3cccnc3)c(CN3CC[C@H](N)C3)c2)c1. The van der Waals surface area contributed by atoms with E-state index in [9.17, 15) is 4.79 Å². The first-order valence-electron chi connectivity index (χ1n) is 11.0. The Morgan fingerprint density at radius 1 is 1.19 bits per heavy atom. The minimum Gasteiger partial charge on any atom is -0.483 e. The molecule has 6 nitrogen and oxygen atoms in total. The summed E-state index contributed by atoms with van der Waals surface area (Å²) in [6.45, 7) is 5.09. The predicted octanol–water partition coefficient (Wildman–Crippen LogP) is 3.29. The monoisotopic (exact) mass is 430 g/mol. The summed E-state index contributed by atoms with van der Waals surface area (Å²) in [5.74, 6) is 0.573. The number of likely N-dealkylation sites (tertiary alicyclic amines) is 1. The van der Waals surface area contributed by atoms with Crippen LogP contribution >= 0.6 is 0 Å².